The third kappa shape index (κ3) is 5.02. The van der Waals surface area contributed by atoms with Crippen LogP contribution in [-0.4, -0.2) is 21.2 Å². The molecule has 0 aliphatic heterocycles. The van der Waals surface area contributed by atoms with Gasteiger partial charge in [-0.2, -0.15) is 10.2 Å². The fraction of sp³-hybridized carbons (Fsp3) is 0.115. The minimum absolute atomic E-state index is 0.0146. The lowest BCUT2D eigenvalue weighted by atomic mass is 9.97. The zero-order chi connectivity index (χ0) is 23.0. The standard InChI is InChI=1S/C26H20N4O3/c1-18-21(9-5-11-23(18)19-7-3-2-4-8-19)16-33-26-29-14-22(15-31)25(30-26)32-17-24-20(13-27)10-6-12-28-24/h2-12,14-15H,16-17H2,1H3. The molecule has 2 aromatic heterocycles. The van der Waals surface area contributed by atoms with E-state index < -0.39 is 0 Å². The Morgan fingerprint density at radius 3 is 2.61 bits per heavy atom. The van der Waals surface area contributed by atoms with Crippen LogP contribution >= 0.6 is 0 Å². The van der Waals surface area contributed by atoms with E-state index in [1.165, 1.54) is 6.20 Å². The molecule has 7 heteroatoms. The SMILES string of the molecule is Cc1c(COc2ncc(C=O)c(OCc3ncccc3C#N)n2)cccc1-c1ccccc1. The highest BCUT2D eigenvalue weighted by Gasteiger charge is 2.13. The van der Waals surface area contributed by atoms with Crippen LogP contribution in [-0.2, 0) is 13.2 Å². The summed E-state index contributed by atoms with van der Waals surface area (Å²) < 4.78 is 11.5. The number of nitrogens with zero attached hydrogens (tertiary/aromatic N) is 4. The molecule has 0 spiro atoms. The maximum Gasteiger partial charge on any atom is 0.320 e. The Kier molecular flexibility index (Phi) is 6.67. The molecule has 0 aliphatic rings. The van der Waals surface area contributed by atoms with Gasteiger partial charge in [0.2, 0.25) is 5.88 Å². The zero-order valence-electron chi connectivity index (χ0n) is 17.9. The lowest BCUT2D eigenvalue weighted by molar-refractivity contribution is 0.111. The van der Waals surface area contributed by atoms with E-state index in [9.17, 15) is 10.1 Å². The van der Waals surface area contributed by atoms with Gasteiger partial charge in [0.25, 0.3) is 0 Å². The average Bonchev–Trinajstić information content (AvgIpc) is 2.87. The van der Waals surface area contributed by atoms with Crippen molar-refractivity contribution in [2.24, 2.45) is 0 Å². The first kappa shape index (κ1) is 21.7. The van der Waals surface area contributed by atoms with Crippen molar-refractivity contribution in [2.45, 2.75) is 20.1 Å². The molecule has 0 atom stereocenters. The Bertz CT molecular complexity index is 1320. The van der Waals surface area contributed by atoms with Crippen molar-refractivity contribution >= 4 is 6.29 Å². The second kappa shape index (κ2) is 10.2. The van der Waals surface area contributed by atoms with Gasteiger partial charge in [-0.3, -0.25) is 9.78 Å². The predicted molar refractivity (Wildman–Crippen MR) is 122 cm³/mol. The Labute approximate surface area is 191 Å². The molecular weight excluding hydrogens is 416 g/mol. The summed E-state index contributed by atoms with van der Waals surface area (Å²) in [4.78, 5) is 23.9. The summed E-state index contributed by atoms with van der Waals surface area (Å²) in [6.07, 6.45) is 3.53. The Morgan fingerprint density at radius 2 is 1.82 bits per heavy atom. The van der Waals surface area contributed by atoms with E-state index in [4.69, 9.17) is 9.47 Å². The van der Waals surface area contributed by atoms with E-state index in [0.717, 1.165) is 22.3 Å². The van der Waals surface area contributed by atoms with Crippen molar-refractivity contribution < 1.29 is 14.3 Å². The van der Waals surface area contributed by atoms with Gasteiger partial charge in [0.05, 0.1) is 16.8 Å². The molecule has 0 saturated heterocycles. The molecule has 2 aromatic carbocycles. The number of hydrogen-bond acceptors (Lipinski definition) is 7. The summed E-state index contributed by atoms with van der Waals surface area (Å²) in [5.74, 6) is 0.0688. The monoisotopic (exact) mass is 436 g/mol. The molecule has 0 fully saturated rings. The molecule has 0 bridgehead atoms. The topological polar surface area (TPSA) is 98.0 Å². The highest BCUT2D eigenvalue weighted by atomic mass is 16.5. The van der Waals surface area contributed by atoms with Crippen LogP contribution in [0.2, 0.25) is 0 Å². The van der Waals surface area contributed by atoms with Gasteiger partial charge >= 0.3 is 6.01 Å². The summed E-state index contributed by atoms with van der Waals surface area (Å²) in [6, 6.07) is 21.6. The number of pyridine rings is 1. The maximum atomic E-state index is 11.4. The molecule has 0 saturated carbocycles. The third-order valence-corrected chi connectivity index (χ3v) is 5.13. The third-order valence-electron chi connectivity index (χ3n) is 5.13. The largest absolute Gasteiger partial charge is 0.470 e. The number of carbonyl (C=O) groups excluding carboxylic acids is 1. The molecule has 0 N–H and O–H groups in total. The molecule has 4 rings (SSSR count). The van der Waals surface area contributed by atoms with Gasteiger partial charge in [0.15, 0.2) is 6.29 Å². The first-order valence-corrected chi connectivity index (χ1v) is 10.3. The summed E-state index contributed by atoms with van der Waals surface area (Å²) in [5, 5.41) is 9.21. The smallest absolute Gasteiger partial charge is 0.320 e. The molecule has 33 heavy (non-hydrogen) atoms. The summed E-state index contributed by atoms with van der Waals surface area (Å²) >= 11 is 0. The van der Waals surface area contributed by atoms with E-state index >= 15 is 0 Å². The minimum atomic E-state index is -0.0146. The minimum Gasteiger partial charge on any atom is -0.470 e. The van der Waals surface area contributed by atoms with E-state index in [1.807, 2.05) is 37.3 Å². The summed E-state index contributed by atoms with van der Waals surface area (Å²) in [6.45, 7) is 2.29. The zero-order valence-corrected chi connectivity index (χ0v) is 17.9. The molecule has 0 radical (unpaired) electrons. The predicted octanol–water partition coefficient (Wildman–Crippen LogP) is 4.69. The average molecular weight is 436 g/mol. The summed E-state index contributed by atoms with van der Waals surface area (Å²) in [7, 11) is 0. The molecular formula is C26H20N4O3. The first-order chi connectivity index (χ1) is 16.2. The van der Waals surface area contributed by atoms with Gasteiger partial charge in [0.1, 0.15) is 19.3 Å². The van der Waals surface area contributed by atoms with Crippen molar-refractivity contribution in [1.29, 1.82) is 5.26 Å². The number of carbonyl (C=O) groups is 1. The second-order valence-electron chi connectivity index (χ2n) is 7.17. The summed E-state index contributed by atoms with van der Waals surface area (Å²) in [5.41, 5.74) is 5.37. The van der Waals surface area contributed by atoms with Gasteiger partial charge in [-0.05, 0) is 41.3 Å². The van der Waals surface area contributed by atoms with E-state index in [-0.39, 0.29) is 30.7 Å². The molecule has 162 valence electrons. The number of benzene rings is 2. The normalized spacial score (nSPS) is 10.3. The Morgan fingerprint density at radius 1 is 0.970 bits per heavy atom. The van der Waals surface area contributed by atoms with Crippen LogP contribution < -0.4 is 9.47 Å². The first-order valence-electron chi connectivity index (χ1n) is 10.3. The van der Waals surface area contributed by atoms with E-state index in [1.54, 1.807) is 18.3 Å². The Balaban J connectivity index is 1.51. The van der Waals surface area contributed by atoms with Crippen molar-refractivity contribution in [2.75, 3.05) is 0 Å². The highest BCUT2D eigenvalue weighted by molar-refractivity contribution is 5.77. The van der Waals surface area contributed by atoms with Crippen molar-refractivity contribution in [3.05, 3.63) is 101 Å². The van der Waals surface area contributed by atoms with E-state index in [2.05, 4.69) is 39.2 Å². The molecule has 4 aromatic rings. The van der Waals surface area contributed by atoms with Gasteiger partial charge in [-0.1, -0.05) is 48.5 Å². The molecule has 0 amide bonds. The number of rotatable bonds is 8. The highest BCUT2D eigenvalue weighted by Crippen LogP contribution is 2.26. The molecule has 2 heterocycles. The van der Waals surface area contributed by atoms with Crippen LogP contribution in [0.1, 0.15) is 32.7 Å². The van der Waals surface area contributed by atoms with Crippen molar-refractivity contribution in [3.63, 3.8) is 0 Å². The van der Waals surface area contributed by atoms with Crippen LogP contribution in [0.15, 0.2) is 73.1 Å². The number of ether oxygens (including phenoxy) is 2. The van der Waals surface area contributed by atoms with E-state index in [0.29, 0.717) is 17.5 Å². The lowest BCUT2D eigenvalue weighted by Crippen LogP contribution is -2.07. The maximum absolute atomic E-state index is 11.4. The van der Waals surface area contributed by atoms with Crippen molar-refractivity contribution in [1.82, 2.24) is 15.0 Å². The van der Waals surface area contributed by atoms with Crippen LogP contribution in [0.5, 0.6) is 11.9 Å². The molecule has 0 unspecified atom stereocenters. The molecule has 0 aliphatic carbocycles. The quantitative estimate of drug-likeness (QED) is 0.370. The second-order valence-corrected chi connectivity index (χ2v) is 7.17. The number of aldehydes is 1. The van der Waals surface area contributed by atoms with Gasteiger partial charge < -0.3 is 9.47 Å². The van der Waals surface area contributed by atoms with Crippen LogP contribution in [0.25, 0.3) is 11.1 Å². The van der Waals surface area contributed by atoms with Gasteiger partial charge in [-0.15, -0.1) is 0 Å². The van der Waals surface area contributed by atoms with Gasteiger partial charge in [-0.25, -0.2) is 4.98 Å². The van der Waals surface area contributed by atoms with Crippen LogP contribution in [0.3, 0.4) is 0 Å². The van der Waals surface area contributed by atoms with Gasteiger partial charge in [0, 0.05) is 12.4 Å². The fourth-order valence-electron chi connectivity index (χ4n) is 3.33. The van der Waals surface area contributed by atoms with Crippen LogP contribution in [0.4, 0.5) is 0 Å². The van der Waals surface area contributed by atoms with Crippen LogP contribution in [0, 0.1) is 18.3 Å². The van der Waals surface area contributed by atoms with Crippen molar-refractivity contribution in [3.8, 4) is 29.1 Å². The number of nitriles is 1. The fourth-order valence-corrected chi connectivity index (χ4v) is 3.33. The number of aromatic nitrogens is 3. The molecule has 7 nitrogen and oxygen atoms in total. The Hall–Kier alpha value is -4.57. The lowest BCUT2D eigenvalue weighted by Gasteiger charge is -2.13. The number of hydrogen-bond donors (Lipinski definition) is 0.